The first kappa shape index (κ1) is 25.9. The molecule has 3 rings (SSSR count). The van der Waals surface area contributed by atoms with E-state index in [0.717, 1.165) is 23.5 Å². The van der Waals surface area contributed by atoms with Crippen LogP contribution in [0.25, 0.3) is 5.69 Å². The highest BCUT2D eigenvalue weighted by atomic mass is 32.2. The molecule has 14 heteroatoms. The van der Waals surface area contributed by atoms with E-state index in [2.05, 4.69) is 30.3 Å². The summed E-state index contributed by atoms with van der Waals surface area (Å²) in [7, 11) is 0. The standard InChI is InChI=1S/C21H21F3N6O4S/c1-4-33-17(31)10-25-19(32)18-16(11-35-20-26-12(2)9-13(3)27-20)30(29-28-18)14-5-7-15(8-6-14)34-21(22,23)24/h5-9H,4,10-11H2,1-3H3,(H,25,32). The molecule has 10 nitrogen and oxygen atoms in total. The van der Waals surface area contributed by atoms with E-state index in [1.807, 2.05) is 19.9 Å². The van der Waals surface area contributed by atoms with E-state index in [1.54, 1.807) is 6.92 Å². The number of alkyl halides is 3. The van der Waals surface area contributed by atoms with E-state index < -0.39 is 24.0 Å². The highest BCUT2D eigenvalue weighted by Gasteiger charge is 2.31. The van der Waals surface area contributed by atoms with Crippen LogP contribution in [0.1, 0.15) is 34.5 Å². The Hall–Kier alpha value is -3.68. The van der Waals surface area contributed by atoms with Crippen molar-refractivity contribution < 1.29 is 32.2 Å². The fraction of sp³-hybridized carbons (Fsp3) is 0.333. The van der Waals surface area contributed by atoms with Crippen LogP contribution in [-0.2, 0) is 15.3 Å². The molecule has 0 unspecified atom stereocenters. The van der Waals surface area contributed by atoms with Gasteiger partial charge in [-0.2, -0.15) is 0 Å². The molecular weight excluding hydrogens is 489 g/mol. The molecule has 1 aromatic carbocycles. The number of esters is 1. The number of nitrogens with zero attached hydrogens (tertiary/aromatic N) is 5. The molecule has 0 saturated carbocycles. The maximum absolute atomic E-state index is 12.7. The van der Waals surface area contributed by atoms with Crippen LogP contribution in [0.4, 0.5) is 13.2 Å². The summed E-state index contributed by atoms with van der Waals surface area (Å²) in [5, 5.41) is 10.8. The van der Waals surface area contributed by atoms with Crippen LogP contribution in [-0.4, -0.2) is 56.4 Å². The van der Waals surface area contributed by atoms with Gasteiger partial charge in [0.2, 0.25) is 0 Å². The molecule has 2 heterocycles. The Bertz CT molecular complexity index is 1180. The Morgan fingerprint density at radius 1 is 1.11 bits per heavy atom. The first-order valence-corrected chi connectivity index (χ1v) is 11.2. The second-order valence-electron chi connectivity index (χ2n) is 7.05. The summed E-state index contributed by atoms with van der Waals surface area (Å²) in [6.07, 6.45) is -4.83. The van der Waals surface area contributed by atoms with Crippen LogP contribution >= 0.6 is 11.8 Å². The molecule has 0 aliphatic heterocycles. The number of carbonyl (C=O) groups excluding carboxylic acids is 2. The third-order valence-corrected chi connectivity index (χ3v) is 5.15. The van der Waals surface area contributed by atoms with Gasteiger partial charge in [0.25, 0.3) is 5.91 Å². The summed E-state index contributed by atoms with van der Waals surface area (Å²) < 4.78 is 47.4. The molecule has 2 aromatic heterocycles. The summed E-state index contributed by atoms with van der Waals surface area (Å²) in [6, 6.07) is 6.74. The number of carbonyl (C=O) groups is 2. The smallest absolute Gasteiger partial charge is 0.465 e. The summed E-state index contributed by atoms with van der Waals surface area (Å²) in [4.78, 5) is 33.0. The van der Waals surface area contributed by atoms with Gasteiger partial charge in [-0.15, -0.1) is 18.3 Å². The molecule has 0 bridgehead atoms. The zero-order valence-corrected chi connectivity index (χ0v) is 19.7. The number of halogens is 3. The van der Waals surface area contributed by atoms with Crippen LogP contribution in [0, 0.1) is 13.8 Å². The molecule has 1 amide bonds. The molecule has 1 N–H and O–H groups in total. The van der Waals surface area contributed by atoms with Gasteiger partial charge in [-0.3, -0.25) is 9.59 Å². The van der Waals surface area contributed by atoms with Gasteiger partial charge in [0, 0.05) is 17.1 Å². The Kier molecular flexibility index (Phi) is 8.27. The topological polar surface area (TPSA) is 121 Å². The highest BCUT2D eigenvalue weighted by Crippen LogP contribution is 2.26. The lowest BCUT2D eigenvalue weighted by Gasteiger charge is -2.11. The molecule has 0 atom stereocenters. The number of benzene rings is 1. The quantitative estimate of drug-likeness (QED) is 0.263. The van der Waals surface area contributed by atoms with Gasteiger partial charge in [0.05, 0.1) is 18.0 Å². The van der Waals surface area contributed by atoms with Crippen LogP contribution in [0.2, 0.25) is 0 Å². The van der Waals surface area contributed by atoms with E-state index in [-0.39, 0.29) is 24.6 Å². The SMILES string of the molecule is CCOC(=O)CNC(=O)c1nnn(-c2ccc(OC(F)(F)F)cc2)c1CSc1nc(C)cc(C)n1. The van der Waals surface area contributed by atoms with E-state index >= 15 is 0 Å². The Labute approximate surface area is 202 Å². The maximum atomic E-state index is 12.7. The Balaban J connectivity index is 1.89. The van der Waals surface area contributed by atoms with Crippen LogP contribution in [0.3, 0.4) is 0 Å². The van der Waals surface area contributed by atoms with Gasteiger partial charge in [-0.25, -0.2) is 14.6 Å². The number of rotatable bonds is 9. The molecule has 0 radical (unpaired) electrons. The minimum atomic E-state index is -4.83. The monoisotopic (exact) mass is 510 g/mol. The van der Waals surface area contributed by atoms with E-state index in [1.165, 1.54) is 28.6 Å². The summed E-state index contributed by atoms with van der Waals surface area (Å²) in [5.41, 5.74) is 2.12. The van der Waals surface area contributed by atoms with Crippen LogP contribution < -0.4 is 10.1 Å². The van der Waals surface area contributed by atoms with Crippen molar-refractivity contribution >= 4 is 23.6 Å². The predicted molar refractivity (Wildman–Crippen MR) is 118 cm³/mol. The average molecular weight is 510 g/mol. The number of hydrogen-bond acceptors (Lipinski definition) is 9. The molecule has 0 aliphatic rings. The predicted octanol–water partition coefficient (Wildman–Crippen LogP) is 3.16. The second-order valence-corrected chi connectivity index (χ2v) is 7.99. The molecule has 186 valence electrons. The molecule has 3 aromatic rings. The van der Waals surface area contributed by atoms with Crippen molar-refractivity contribution in [3.8, 4) is 11.4 Å². The number of nitrogens with one attached hydrogen (secondary N) is 1. The van der Waals surface area contributed by atoms with Gasteiger partial charge < -0.3 is 14.8 Å². The normalized spacial score (nSPS) is 11.3. The van der Waals surface area contributed by atoms with Gasteiger partial charge in [0.1, 0.15) is 12.3 Å². The minimum absolute atomic E-state index is 0.0678. The van der Waals surface area contributed by atoms with Crippen molar-refractivity contribution in [2.45, 2.75) is 38.0 Å². The zero-order valence-electron chi connectivity index (χ0n) is 18.9. The molecule has 0 spiro atoms. The first-order chi connectivity index (χ1) is 16.6. The van der Waals surface area contributed by atoms with E-state index in [4.69, 9.17) is 4.74 Å². The first-order valence-electron chi connectivity index (χ1n) is 10.3. The summed E-state index contributed by atoms with van der Waals surface area (Å²) in [5.74, 6) is -1.54. The van der Waals surface area contributed by atoms with Gasteiger partial charge in [-0.05, 0) is 51.1 Å². The van der Waals surface area contributed by atoms with Crippen molar-refractivity contribution in [1.29, 1.82) is 0 Å². The largest absolute Gasteiger partial charge is 0.573 e. The fourth-order valence-corrected chi connectivity index (χ4v) is 3.89. The Morgan fingerprint density at radius 2 is 1.77 bits per heavy atom. The van der Waals surface area contributed by atoms with Crippen molar-refractivity contribution in [3.63, 3.8) is 0 Å². The van der Waals surface area contributed by atoms with Crippen molar-refractivity contribution in [2.75, 3.05) is 13.2 Å². The lowest BCUT2D eigenvalue weighted by atomic mass is 10.2. The summed E-state index contributed by atoms with van der Waals surface area (Å²) in [6.45, 7) is 5.08. The average Bonchev–Trinajstić information content (AvgIpc) is 3.19. The number of thioether (sulfide) groups is 1. The third kappa shape index (κ3) is 7.40. The number of amides is 1. The zero-order chi connectivity index (χ0) is 25.6. The molecular formula is C21H21F3N6O4S. The van der Waals surface area contributed by atoms with Crippen molar-refractivity contribution in [1.82, 2.24) is 30.3 Å². The van der Waals surface area contributed by atoms with Crippen LogP contribution in [0.5, 0.6) is 5.75 Å². The number of aryl methyl sites for hydroxylation is 2. The Morgan fingerprint density at radius 3 is 2.37 bits per heavy atom. The molecule has 0 saturated heterocycles. The maximum Gasteiger partial charge on any atom is 0.573 e. The van der Waals surface area contributed by atoms with Gasteiger partial charge in [0.15, 0.2) is 10.9 Å². The van der Waals surface area contributed by atoms with Gasteiger partial charge >= 0.3 is 12.3 Å². The van der Waals surface area contributed by atoms with Gasteiger partial charge in [-0.1, -0.05) is 17.0 Å². The lowest BCUT2D eigenvalue weighted by molar-refractivity contribution is -0.274. The highest BCUT2D eigenvalue weighted by molar-refractivity contribution is 7.98. The third-order valence-electron chi connectivity index (χ3n) is 4.29. The van der Waals surface area contributed by atoms with Crippen molar-refractivity contribution in [2.24, 2.45) is 0 Å². The minimum Gasteiger partial charge on any atom is -0.465 e. The second kappa shape index (κ2) is 11.2. The number of hydrogen-bond donors (Lipinski definition) is 1. The summed E-state index contributed by atoms with van der Waals surface area (Å²) >= 11 is 1.22. The van der Waals surface area contributed by atoms with E-state index in [0.29, 0.717) is 16.5 Å². The van der Waals surface area contributed by atoms with E-state index in [9.17, 15) is 22.8 Å². The number of aromatic nitrogens is 5. The molecule has 35 heavy (non-hydrogen) atoms. The fourth-order valence-electron chi connectivity index (χ4n) is 2.94. The molecule has 0 fully saturated rings. The van der Waals surface area contributed by atoms with Crippen LogP contribution in [0.15, 0.2) is 35.5 Å². The van der Waals surface area contributed by atoms with Crippen molar-refractivity contribution in [3.05, 3.63) is 53.1 Å². The number of ether oxygens (including phenoxy) is 2. The molecule has 0 aliphatic carbocycles. The lowest BCUT2D eigenvalue weighted by Crippen LogP contribution is -2.31.